The monoisotopic (exact) mass is 429 g/mol. The van der Waals surface area contributed by atoms with E-state index in [1.54, 1.807) is 13.0 Å². The zero-order valence-electron chi connectivity index (χ0n) is 14.3. The van der Waals surface area contributed by atoms with Gasteiger partial charge in [-0.05, 0) is 25.1 Å². The number of sulfonamides is 1. The highest BCUT2D eigenvalue weighted by atomic mass is 35.5. The molecule has 1 aromatic carbocycles. The van der Waals surface area contributed by atoms with Crippen LogP contribution in [0.25, 0.3) is 0 Å². The van der Waals surface area contributed by atoms with Gasteiger partial charge in [0.15, 0.2) is 0 Å². The van der Waals surface area contributed by atoms with Crippen LogP contribution in [-0.4, -0.2) is 54.6 Å². The van der Waals surface area contributed by atoms with Crippen molar-refractivity contribution >= 4 is 44.6 Å². The van der Waals surface area contributed by atoms with Gasteiger partial charge < -0.3 is 4.90 Å². The SMILES string of the molecule is Cc1ccc(C(=O)N2CCN(S(=O)(=O)c3ccc(Cl)s3)CC2)cc1[N+](=O)[O-]. The minimum absolute atomic E-state index is 0.114. The van der Waals surface area contributed by atoms with Crippen LogP contribution in [-0.2, 0) is 10.0 Å². The van der Waals surface area contributed by atoms with Gasteiger partial charge in [0.2, 0.25) is 0 Å². The van der Waals surface area contributed by atoms with E-state index in [2.05, 4.69) is 0 Å². The Balaban J connectivity index is 1.71. The Kier molecular flexibility index (Phi) is 5.52. The maximum absolute atomic E-state index is 12.6. The summed E-state index contributed by atoms with van der Waals surface area (Å²) in [7, 11) is -3.64. The third kappa shape index (κ3) is 3.98. The molecule has 11 heteroatoms. The predicted octanol–water partition coefficient (Wildman–Crippen LogP) is 2.76. The number of hydrogen-bond donors (Lipinski definition) is 0. The van der Waals surface area contributed by atoms with E-state index in [-0.39, 0.29) is 47.5 Å². The van der Waals surface area contributed by atoms with E-state index >= 15 is 0 Å². The number of halogens is 1. The van der Waals surface area contributed by atoms with Crippen LogP contribution in [0.5, 0.6) is 0 Å². The Labute approximate surface area is 165 Å². The summed E-state index contributed by atoms with van der Waals surface area (Å²) in [6, 6.07) is 7.33. The number of carbonyl (C=O) groups excluding carboxylic acids is 1. The maximum Gasteiger partial charge on any atom is 0.273 e. The van der Waals surface area contributed by atoms with Crippen molar-refractivity contribution in [1.82, 2.24) is 9.21 Å². The zero-order valence-corrected chi connectivity index (χ0v) is 16.7. The second kappa shape index (κ2) is 7.55. The van der Waals surface area contributed by atoms with Crippen molar-refractivity contribution in [2.45, 2.75) is 11.1 Å². The predicted molar refractivity (Wildman–Crippen MR) is 102 cm³/mol. The molecule has 0 saturated carbocycles. The molecule has 0 radical (unpaired) electrons. The minimum atomic E-state index is -3.64. The quantitative estimate of drug-likeness (QED) is 0.549. The fourth-order valence-electron chi connectivity index (χ4n) is 2.82. The van der Waals surface area contributed by atoms with Gasteiger partial charge in [0, 0.05) is 43.4 Å². The van der Waals surface area contributed by atoms with E-state index in [1.807, 2.05) is 0 Å². The Morgan fingerprint density at radius 2 is 1.85 bits per heavy atom. The summed E-state index contributed by atoms with van der Waals surface area (Å²) < 4.78 is 27.1. The number of aryl methyl sites for hydroxylation is 1. The van der Waals surface area contributed by atoms with E-state index in [0.717, 1.165) is 11.3 Å². The summed E-state index contributed by atoms with van der Waals surface area (Å²) in [5.41, 5.74) is 0.576. The maximum atomic E-state index is 12.6. The third-order valence-corrected chi connectivity index (χ3v) is 7.92. The molecule has 1 amide bonds. The summed E-state index contributed by atoms with van der Waals surface area (Å²) in [6.07, 6.45) is 0. The molecule has 144 valence electrons. The van der Waals surface area contributed by atoms with Gasteiger partial charge in [0.05, 0.1) is 9.26 Å². The molecule has 27 heavy (non-hydrogen) atoms. The summed E-state index contributed by atoms with van der Waals surface area (Å²) in [5, 5.41) is 11.1. The highest BCUT2D eigenvalue weighted by Gasteiger charge is 2.31. The molecule has 0 unspecified atom stereocenters. The van der Waals surface area contributed by atoms with Crippen molar-refractivity contribution in [1.29, 1.82) is 0 Å². The molecule has 1 aromatic heterocycles. The molecule has 1 saturated heterocycles. The first-order valence-electron chi connectivity index (χ1n) is 8.00. The minimum Gasteiger partial charge on any atom is -0.336 e. The van der Waals surface area contributed by atoms with Crippen LogP contribution < -0.4 is 0 Å². The van der Waals surface area contributed by atoms with E-state index in [9.17, 15) is 23.3 Å². The number of piperazine rings is 1. The molecule has 8 nitrogen and oxygen atoms in total. The fraction of sp³-hybridized carbons (Fsp3) is 0.312. The molecule has 1 aliphatic rings. The second-order valence-electron chi connectivity index (χ2n) is 6.01. The standard InChI is InChI=1S/C16H16ClN3O5S2/c1-11-2-3-12(10-13(11)20(22)23)16(21)18-6-8-19(9-7-18)27(24,25)15-5-4-14(17)26-15/h2-5,10H,6-9H2,1H3. The van der Waals surface area contributed by atoms with Gasteiger partial charge in [-0.2, -0.15) is 4.31 Å². The van der Waals surface area contributed by atoms with Crippen LogP contribution in [0.1, 0.15) is 15.9 Å². The number of rotatable bonds is 4. The molecule has 0 spiro atoms. The average Bonchev–Trinajstić information content (AvgIpc) is 3.08. The highest BCUT2D eigenvalue weighted by molar-refractivity contribution is 7.91. The van der Waals surface area contributed by atoms with Crippen LogP contribution in [0.2, 0.25) is 4.34 Å². The number of amides is 1. The molecule has 0 aliphatic carbocycles. The Bertz CT molecular complexity index is 997. The number of nitrogens with zero attached hydrogens (tertiary/aromatic N) is 3. The van der Waals surface area contributed by atoms with Crippen molar-refractivity contribution in [2.24, 2.45) is 0 Å². The first kappa shape index (κ1) is 19.7. The largest absolute Gasteiger partial charge is 0.336 e. The van der Waals surface area contributed by atoms with E-state index in [4.69, 9.17) is 11.6 Å². The summed E-state index contributed by atoms with van der Waals surface area (Å²) >= 11 is 6.81. The van der Waals surface area contributed by atoms with Crippen LogP contribution in [0.3, 0.4) is 0 Å². The van der Waals surface area contributed by atoms with Crippen LogP contribution in [0.4, 0.5) is 5.69 Å². The summed E-state index contributed by atoms with van der Waals surface area (Å²) in [4.78, 5) is 24.7. The number of nitro groups is 1. The van der Waals surface area contributed by atoms with Crippen LogP contribution in [0, 0.1) is 17.0 Å². The van der Waals surface area contributed by atoms with Crippen LogP contribution >= 0.6 is 22.9 Å². The van der Waals surface area contributed by atoms with Gasteiger partial charge >= 0.3 is 0 Å². The lowest BCUT2D eigenvalue weighted by atomic mass is 10.1. The van der Waals surface area contributed by atoms with Crippen molar-refractivity contribution < 1.29 is 18.1 Å². The number of nitro benzene ring substituents is 1. The molecule has 0 bridgehead atoms. The van der Waals surface area contributed by atoms with E-state index in [1.165, 1.54) is 33.5 Å². The molecule has 0 N–H and O–H groups in total. The number of carbonyl (C=O) groups is 1. The van der Waals surface area contributed by atoms with Gasteiger partial charge in [-0.15, -0.1) is 11.3 Å². The normalized spacial score (nSPS) is 15.7. The molecule has 2 aromatic rings. The third-order valence-electron chi connectivity index (χ3n) is 4.32. The lowest BCUT2D eigenvalue weighted by molar-refractivity contribution is -0.385. The molecular formula is C16H16ClN3O5S2. The molecule has 1 aliphatic heterocycles. The lowest BCUT2D eigenvalue weighted by Gasteiger charge is -2.33. The van der Waals surface area contributed by atoms with Gasteiger partial charge in [-0.3, -0.25) is 14.9 Å². The number of thiophene rings is 1. The molecule has 2 heterocycles. The second-order valence-corrected chi connectivity index (χ2v) is 9.89. The number of benzene rings is 1. The Morgan fingerprint density at radius 3 is 2.41 bits per heavy atom. The first-order valence-corrected chi connectivity index (χ1v) is 10.6. The average molecular weight is 430 g/mol. The smallest absolute Gasteiger partial charge is 0.273 e. The van der Waals surface area contributed by atoms with Gasteiger partial charge in [0.1, 0.15) is 4.21 Å². The fourth-order valence-corrected chi connectivity index (χ4v) is 5.88. The van der Waals surface area contributed by atoms with Crippen molar-refractivity contribution in [3.8, 4) is 0 Å². The van der Waals surface area contributed by atoms with E-state index < -0.39 is 14.9 Å². The molecular weight excluding hydrogens is 414 g/mol. The van der Waals surface area contributed by atoms with Gasteiger partial charge in [-0.1, -0.05) is 17.7 Å². The topological polar surface area (TPSA) is 101 Å². The molecule has 1 fully saturated rings. The van der Waals surface area contributed by atoms with E-state index in [0.29, 0.717) is 9.90 Å². The first-order chi connectivity index (χ1) is 12.7. The van der Waals surface area contributed by atoms with Crippen molar-refractivity contribution in [3.63, 3.8) is 0 Å². The summed E-state index contributed by atoms with van der Waals surface area (Å²) in [5.74, 6) is -0.352. The Hall–Kier alpha value is -2.01. The van der Waals surface area contributed by atoms with Crippen LogP contribution in [0.15, 0.2) is 34.5 Å². The van der Waals surface area contributed by atoms with Gasteiger partial charge in [0.25, 0.3) is 21.6 Å². The Morgan fingerprint density at radius 1 is 1.19 bits per heavy atom. The molecule has 0 atom stereocenters. The van der Waals surface area contributed by atoms with Crippen molar-refractivity contribution in [3.05, 3.63) is 55.9 Å². The molecule has 3 rings (SSSR count). The lowest BCUT2D eigenvalue weighted by Crippen LogP contribution is -2.50. The summed E-state index contributed by atoms with van der Waals surface area (Å²) in [6.45, 7) is 2.32. The number of hydrogen-bond acceptors (Lipinski definition) is 6. The highest BCUT2D eigenvalue weighted by Crippen LogP contribution is 2.29. The zero-order chi connectivity index (χ0) is 19.8. The van der Waals surface area contributed by atoms with Gasteiger partial charge in [-0.25, -0.2) is 8.42 Å². The van der Waals surface area contributed by atoms with Crippen molar-refractivity contribution in [2.75, 3.05) is 26.2 Å².